The molecule has 1 fully saturated rings. The van der Waals surface area contributed by atoms with Gasteiger partial charge in [0.15, 0.2) is 0 Å². The Morgan fingerprint density at radius 2 is 2.29 bits per heavy atom. The van der Waals surface area contributed by atoms with E-state index in [1.54, 1.807) is 17.2 Å². The highest BCUT2D eigenvalue weighted by atomic mass is 16.4. The van der Waals surface area contributed by atoms with E-state index in [2.05, 4.69) is 16.8 Å². The summed E-state index contributed by atoms with van der Waals surface area (Å²) < 4.78 is 0. The van der Waals surface area contributed by atoms with Crippen molar-refractivity contribution in [3.8, 4) is 11.8 Å². The number of aromatic nitrogens is 1. The Bertz CT molecular complexity index is 763. The number of amides is 1. The molecule has 2 N–H and O–H groups in total. The van der Waals surface area contributed by atoms with Crippen molar-refractivity contribution in [3.05, 3.63) is 41.7 Å². The molecule has 1 aliphatic heterocycles. The van der Waals surface area contributed by atoms with Crippen LogP contribution in [0.2, 0.25) is 0 Å². The molecule has 2 heterocycles. The van der Waals surface area contributed by atoms with Crippen LogP contribution in [0.25, 0.3) is 0 Å². The van der Waals surface area contributed by atoms with Gasteiger partial charge in [-0.1, -0.05) is 18.1 Å². The SMILES string of the molecule is Cc1cc(CC(O)/C=C/[C@H]2CCCC(=O)N2CC#CCCCC(=O)O)ccn1. The smallest absolute Gasteiger partial charge is 0.303 e. The van der Waals surface area contributed by atoms with Crippen LogP contribution in [0.5, 0.6) is 0 Å². The number of carboxylic acid groups (broad SMARTS) is 1. The standard InChI is InChI=1S/C22H28N2O4/c1-17-15-18(12-13-23-17)16-20(25)11-10-19-7-6-8-21(26)24(19)14-5-3-2-4-9-22(27)28/h10-13,15,19-20,25H,2,4,6-9,14,16H2,1H3,(H,27,28)/b11-10+/t19-,20?/m1/s1. The number of hydrogen-bond acceptors (Lipinski definition) is 4. The van der Waals surface area contributed by atoms with Gasteiger partial charge in [-0.2, -0.15) is 0 Å². The second-order valence-corrected chi connectivity index (χ2v) is 7.04. The molecule has 6 heteroatoms. The van der Waals surface area contributed by atoms with Gasteiger partial charge < -0.3 is 15.1 Å². The Hall–Kier alpha value is -2.65. The number of aliphatic hydroxyl groups excluding tert-OH is 1. The topological polar surface area (TPSA) is 90.7 Å². The zero-order valence-electron chi connectivity index (χ0n) is 16.3. The average Bonchev–Trinajstić information content (AvgIpc) is 2.64. The Balaban J connectivity index is 1.89. The lowest BCUT2D eigenvalue weighted by molar-refractivity contribution is -0.137. The minimum Gasteiger partial charge on any atom is -0.481 e. The van der Waals surface area contributed by atoms with E-state index in [9.17, 15) is 14.7 Å². The number of aliphatic hydroxyl groups is 1. The first-order valence-electron chi connectivity index (χ1n) is 9.70. The summed E-state index contributed by atoms with van der Waals surface area (Å²) in [7, 11) is 0. The molecule has 28 heavy (non-hydrogen) atoms. The van der Waals surface area contributed by atoms with E-state index in [0.29, 0.717) is 32.2 Å². The molecule has 1 saturated heterocycles. The second-order valence-electron chi connectivity index (χ2n) is 7.04. The van der Waals surface area contributed by atoms with Crippen LogP contribution in [-0.2, 0) is 16.0 Å². The van der Waals surface area contributed by atoms with E-state index in [1.807, 2.05) is 25.1 Å². The number of hydrogen-bond donors (Lipinski definition) is 2. The third kappa shape index (κ3) is 7.53. The molecule has 0 spiro atoms. The second kappa shape index (κ2) is 11.3. The van der Waals surface area contributed by atoms with Crippen LogP contribution in [0.15, 0.2) is 30.5 Å². The normalized spacial score (nSPS) is 18.0. The summed E-state index contributed by atoms with van der Waals surface area (Å²) in [6.07, 6.45) is 8.61. The number of aryl methyl sites for hydroxylation is 1. The fraction of sp³-hybridized carbons (Fsp3) is 0.500. The zero-order chi connectivity index (χ0) is 20.4. The van der Waals surface area contributed by atoms with Crippen molar-refractivity contribution in [1.29, 1.82) is 0 Å². The predicted octanol–water partition coefficient (Wildman–Crippen LogP) is 2.49. The van der Waals surface area contributed by atoms with Crippen LogP contribution in [0.3, 0.4) is 0 Å². The number of piperidine rings is 1. The van der Waals surface area contributed by atoms with Gasteiger partial charge in [-0.3, -0.25) is 14.6 Å². The minimum atomic E-state index is -0.821. The average molecular weight is 384 g/mol. The number of aliphatic carboxylic acids is 1. The lowest BCUT2D eigenvalue weighted by Gasteiger charge is -2.32. The van der Waals surface area contributed by atoms with Gasteiger partial charge in [-0.25, -0.2) is 0 Å². The van der Waals surface area contributed by atoms with Gasteiger partial charge in [0.2, 0.25) is 5.91 Å². The largest absolute Gasteiger partial charge is 0.481 e. The fourth-order valence-corrected chi connectivity index (χ4v) is 3.21. The highest BCUT2D eigenvalue weighted by Crippen LogP contribution is 2.19. The van der Waals surface area contributed by atoms with Crippen molar-refractivity contribution in [3.63, 3.8) is 0 Å². The summed E-state index contributed by atoms with van der Waals surface area (Å²) in [6.45, 7) is 2.25. The molecule has 0 bridgehead atoms. The minimum absolute atomic E-state index is 0.0663. The molecule has 0 aliphatic carbocycles. The van der Waals surface area contributed by atoms with Gasteiger partial charge in [-0.15, -0.1) is 5.92 Å². The van der Waals surface area contributed by atoms with Crippen molar-refractivity contribution in [1.82, 2.24) is 9.88 Å². The number of unbranched alkanes of at least 4 members (excludes halogenated alkanes) is 1. The molecule has 1 aliphatic rings. The van der Waals surface area contributed by atoms with E-state index in [1.165, 1.54) is 0 Å². The van der Waals surface area contributed by atoms with Gasteiger partial charge in [0.1, 0.15) is 0 Å². The first-order chi connectivity index (χ1) is 13.5. The summed E-state index contributed by atoms with van der Waals surface area (Å²) in [5.74, 6) is 5.18. The van der Waals surface area contributed by atoms with Gasteiger partial charge in [0.25, 0.3) is 0 Å². The van der Waals surface area contributed by atoms with Crippen molar-refractivity contribution >= 4 is 11.9 Å². The van der Waals surface area contributed by atoms with Crippen molar-refractivity contribution in [2.75, 3.05) is 6.54 Å². The number of nitrogens with zero attached hydrogens (tertiary/aromatic N) is 2. The van der Waals surface area contributed by atoms with Gasteiger partial charge >= 0.3 is 5.97 Å². The van der Waals surface area contributed by atoms with Crippen LogP contribution >= 0.6 is 0 Å². The summed E-state index contributed by atoms with van der Waals surface area (Å²) in [5, 5.41) is 18.9. The first-order valence-corrected chi connectivity index (χ1v) is 9.70. The van der Waals surface area contributed by atoms with E-state index in [0.717, 1.165) is 24.1 Å². The number of likely N-dealkylation sites (tertiary alicyclic amines) is 1. The maximum absolute atomic E-state index is 12.3. The maximum Gasteiger partial charge on any atom is 0.303 e. The summed E-state index contributed by atoms with van der Waals surface area (Å²) in [4.78, 5) is 28.7. The van der Waals surface area contributed by atoms with Gasteiger partial charge in [0.05, 0.1) is 18.7 Å². The lowest BCUT2D eigenvalue weighted by Crippen LogP contribution is -2.42. The number of carbonyl (C=O) groups is 2. The number of pyridine rings is 1. The van der Waals surface area contributed by atoms with Crippen LogP contribution in [0.4, 0.5) is 0 Å². The highest BCUT2D eigenvalue weighted by Gasteiger charge is 2.25. The molecule has 2 rings (SSSR count). The van der Waals surface area contributed by atoms with Gasteiger partial charge in [-0.05, 0) is 43.9 Å². The lowest BCUT2D eigenvalue weighted by atomic mass is 9.99. The molecular formula is C22H28N2O4. The molecule has 2 atom stereocenters. The predicted molar refractivity (Wildman–Crippen MR) is 106 cm³/mol. The van der Waals surface area contributed by atoms with Crippen molar-refractivity contribution in [2.24, 2.45) is 0 Å². The molecule has 1 amide bonds. The van der Waals surface area contributed by atoms with E-state index >= 15 is 0 Å². The van der Waals surface area contributed by atoms with Crippen molar-refractivity contribution < 1.29 is 19.8 Å². The van der Waals surface area contributed by atoms with E-state index < -0.39 is 12.1 Å². The maximum atomic E-state index is 12.3. The first kappa shape index (κ1) is 21.6. The molecule has 1 aromatic rings. The summed E-state index contributed by atoms with van der Waals surface area (Å²) in [6, 6.07) is 3.77. The Kier molecular flexibility index (Phi) is 8.70. The van der Waals surface area contributed by atoms with E-state index in [4.69, 9.17) is 5.11 Å². The molecule has 0 radical (unpaired) electrons. The third-order valence-corrected chi connectivity index (χ3v) is 4.64. The number of rotatable bonds is 8. The number of carboxylic acids is 1. The molecule has 1 unspecified atom stereocenters. The molecule has 0 aromatic carbocycles. The van der Waals surface area contributed by atoms with Crippen LogP contribution in [0, 0.1) is 18.8 Å². The third-order valence-electron chi connectivity index (χ3n) is 4.64. The van der Waals surface area contributed by atoms with E-state index in [-0.39, 0.29) is 18.4 Å². The fourth-order valence-electron chi connectivity index (χ4n) is 3.21. The van der Waals surface area contributed by atoms with Crippen LogP contribution in [-0.4, -0.2) is 50.7 Å². The Labute approximate surface area is 166 Å². The Morgan fingerprint density at radius 3 is 3.04 bits per heavy atom. The summed E-state index contributed by atoms with van der Waals surface area (Å²) >= 11 is 0. The quantitative estimate of drug-likeness (QED) is 0.408. The zero-order valence-corrected chi connectivity index (χ0v) is 16.3. The monoisotopic (exact) mass is 384 g/mol. The molecular weight excluding hydrogens is 356 g/mol. The summed E-state index contributed by atoms with van der Waals surface area (Å²) in [5.41, 5.74) is 1.94. The Morgan fingerprint density at radius 1 is 1.46 bits per heavy atom. The van der Waals surface area contributed by atoms with Crippen molar-refractivity contribution in [2.45, 2.75) is 64.0 Å². The molecule has 150 valence electrons. The number of carbonyl (C=O) groups excluding carboxylic acids is 1. The van der Waals surface area contributed by atoms with Crippen LogP contribution in [0.1, 0.15) is 49.8 Å². The molecule has 6 nitrogen and oxygen atoms in total. The molecule has 0 saturated carbocycles. The molecule has 1 aromatic heterocycles. The van der Waals surface area contributed by atoms with Gasteiger partial charge in [0, 0.05) is 37.6 Å². The highest BCUT2D eigenvalue weighted by molar-refractivity contribution is 5.78. The van der Waals surface area contributed by atoms with Crippen LogP contribution < -0.4 is 0 Å².